The lowest BCUT2D eigenvalue weighted by Gasteiger charge is -2.17. The molecule has 6 heteroatoms. The number of hydrogen-bond acceptors (Lipinski definition) is 5. The van der Waals surface area contributed by atoms with Gasteiger partial charge in [0.2, 0.25) is 0 Å². The molecule has 5 nitrogen and oxygen atoms in total. The maximum atomic E-state index is 12.9. The maximum Gasteiger partial charge on any atom is 0.338 e. The van der Waals surface area contributed by atoms with Crippen molar-refractivity contribution in [2.45, 2.75) is 90.6 Å². The zero-order valence-electron chi connectivity index (χ0n) is 21.4. The first-order chi connectivity index (χ1) is 15.4. The summed E-state index contributed by atoms with van der Waals surface area (Å²) in [5.41, 5.74) is 3.56. The summed E-state index contributed by atoms with van der Waals surface area (Å²) in [6, 6.07) is 5.01. The highest BCUT2D eigenvalue weighted by Gasteiger charge is 2.39. The smallest absolute Gasteiger partial charge is 0.338 e. The van der Waals surface area contributed by atoms with Crippen molar-refractivity contribution in [2.75, 3.05) is 13.2 Å². The first-order valence-corrected chi connectivity index (χ1v) is 15.7. The first kappa shape index (κ1) is 27.5. The van der Waals surface area contributed by atoms with Crippen LogP contribution in [-0.2, 0) is 14.2 Å². The fraction of sp³-hybridized carbons (Fsp3) is 0.593. The molecular weight excluding hydrogens is 432 g/mol. The average Bonchev–Trinajstić information content (AvgIpc) is 2.97. The molecule has 1 aliphatic rings. The van der Waals surface area contributed by atoms with E-state index >= 15 is 0 Å². The summed E-state index contributed by atoms with van der Waals surface area (Å²) in [5.74, 6) is -0.877. The predicted octanol–water partition coefficient (Wildman–Crippen LogP) is 6.05. The summed E-state index contributed by atoms with van der Waals surface area (Å²) in [5, 5.41) is 8.95. The monoisotopic (exact) mass is 474 g/mol. The van der Waals surface area contributed by atoms with Crippen LogP contribution in [0.1, 0.15) is 60.2 Å². The van der Waals surface area contributed by atoms with E-state index in [1.54, 1.807) is 0 Å². The van der Waals surface area contributed by atoms with Crippen molar-refractivity contribution >= 4 is 20.1 Å². The lowest BCUT2D eigenvalue weighted by Crippen LogP contribution is -2.23. The zero-order valence-corrected chi connectivity index (χ0v) is 22.4. The number of benzene rings is 1. The molecule has 0 radical (unpaired) electrons. The number of aliphatic hydroxyl groups excluding tert-OH is 1. The molecule has 0 saturated carbocycles. The van der Waals surface area contributed by atoms with E-state index in [4.69, 9.17) is 19.3 Å². The molecule has 0 spiro atoms. The van der Waals surface area contributed by atoms with Crippen LogP contribution in [0.25, 0.3) is 6.08 Å². The molecule has 0 aromatic heterocycles. The lowest BCUT2D eigenvalue weighted by atomic mass is 9.97. The van der Waals surface area contributed by atoms with E-state index in [-0.39, 0.29) is 24.8 Å². The van der Waals surface area contributed by atoms with Crippen LogP contribution in [0.2, 0.25) is 25.7 Å². The highest BCUT2D eigenvalue weighted by molar-refractivity contribution is 6.76. The van der Waals surface area contributed by atoms with Crippen LogP contribution in [0.5, 0.6) is 0 Å². The SMILES string of the molecule is Cc1cc(C)c(C(=O)OCC[Si](C)(C)C)c(/C=C/C[C@@H]2OC(C)(C)OC2C/C=C\CCO)c1. The van der Waals surface area contributed by atoms with Crippen LogP contribution >= 0.6 is 0 Å². The average molecular weight is 475 g/mol. The van der Waals surface area contributed by atoms with Crippen molar-refractivity contribution in [2.24, 2.45) is 0 Å². The van der Waals surface area contributed by atoms with Crippen LogP contribution in [-0.4, -0.2) is 50.4 Å². The topological polar surface area (TPSA) is 65.0 Å². The minimum Gasteiger partial charge on any atom is -0.462 e. The first-order valence-electron chi connectivity index (χ1n) is 12.0. The predicted molar refractivity (Wildman–Crippen MR) is 137 cm³/mol. The fourth-order valence-electron chi connectivity index (χ4n) is 3.99. The van der Waals surface area contributed by atoms with Gasteiger partial charge in [-0.15, -0.1) is 0 Å². The second kappa shape index (κ2) is 12.1. The van der Waals surface area contributed by atoms with Crippen LogP contribution in [0.4, 0.5) is 0 Å². The number of aliphatic hydroxyl groups is 1. The Bertz CT molecular complexity index is 851. The highest BCUT2D eigenvalue weighted by Crippen LogP contribution is 2.32. The normalized spacial score (nSPS) is 20.7. The van der Waals surface area contributed by atoms with Gasteiger partial charge in [0.25, 0.3) is 0 Å². The molecule has 1 N–H and O–H groups in total. The Balaban J connectivity index is 2.12. The van der Waals surface area contributed by atoms with Crippen LogP contribution < -0.4 is 0 Å². The quantitative estimate of drug-likeness (QED) is 0.240. The standard InChI is InChI=1S/C27H42O5Si/c1-20-18-21(2)25(26(29)30-16-17-33(5,6)7)22(19-20)12-11-14-24-23(13-9-8-10-15-28)31-27(3,4)32-24/h8-9,11-12,18-19,23-24,28H,10,13-17H2,1-7H3/b9-8-,12-11+/t23?,24-/m0/s1. The van der Waals surface area contributed by atoms with Gasteiger partial charge in [0.05, 0.1) is 24.4 Å². The number of hydrogen-bond donors (Lipinski definition) is 1. The molecule has 0 amide bonds. The summed E-state index contributed by atoms with van der Waals surface area (Å²) >= 11 is 0. The van der Waals surface area contributed by atoms with Gasteiger partial charge in [-0.2, -0.15) is 0 Å². The molecule has 2 rings (SSSR count). The van der Waals surface area contributed by atoms with Gasteiger partial charge in [-0.1, -0.05) is 61.6 Å². The Morgan fingerprint density at radius 2 is 1.73 bits per heavy atom. The molecule has 1 unspecified atom stereocenters. The second-order valence-corrected chi connectivity index (χ2v) is 16.2. The van der Waals surface area contributed by atoms with Gasteiger partial charge in [0, 0.05) is 14.7 Å². The summed E-state index contributed by atoms with van der Waals surface area (Å²) < 4.78 is 17.8. The van der Waals surface area contributed by atoms with Crippen LogP contribution in [0.15, 0.2) is 30.4 Å². The minimum absolute atomic E-state index is 0.0511. The summed E-state index contributed by atoms with van der Waals surface area (Å²) in [7, 11) is -1.26. The fourth-order valence-corrected chi connectivity index (χ4v) is 4.71. The van der Waals surface area contributed by atoms with Crippen molar-refractivity contribution in [3.8, 4) is 0 Å². The molecule has 1 saturated heterocycles. The molecular formula is C27H42O5Si. The van der Waals surface area contributed by atoms with Crippen molar-refractivity contribution in [3.63, 3.8) is 0 Å². The van der Waals surface area contributed by atoms with Gasteiger partial charge in [-0.25, -0.2) is 4.79 Å². The van der Waals surface area contributed by atoms with Gasteiger partial charge in [0.1, 0.15) is 0 Å². The minimum atomic E-state index is -1.26. The maximum absolute atomic E-state index is 12.9. The Labute approximate surface area is 200 Å². The summed E-state index contributed by atoms with van der Waals surface area (Å²) in [4.78, 5) is 12.9. The number of carbonyl (C=O) groups excluding carboxylic acids is 1. The lowest BCUT2D eigenvalue weighted by molar-refractivity contribution is -0.145. The van der Waals surface area contributed by atoms with E-state index in [0.717, 1.165) is 29.2 Å². The zero-order chi connectivity index (χ0) is 24.6. The third-order valence-electron chi connectivity index (χ3n) is 5.58. The third kappa shape index (κ3) is 9.20. The number of ether oxygens (including phenoxy) is 3. The van der Waals surface area contributed by atoms with Crippen molar-refractivity contribution in [3.05, 3.63) is 52.6 Å². The van der Waals surface area contributed by atoms with E-state index < -0.39 is 13.9 Å². The van der Waals surface area contributed by atoms with E-state index in [1.807, 2.05) is 58.1 Å². The molecule has 0 bridgehead atoms. The van der Waals surface area contributed by atoms with Gasteiger partial charge in [-0.05, 0) is 64.1 Å². The number of rotatable bonds is 11. The third-order valence-corrected chi connectivity index (χ3v) is 7.29. The highest BCUT2D eigenvalue weighted by atomic mass is 28.3. The van der Waals surface area contributed by atoms with Gasteiger partial charge < -0.3 is 19.3 Å². The van der Waals surface area contributed by atoms with Crippen molar-refractivity contribution < 1.29 is 24.1 Å². The van der Waals surface area contributed by atoms with Crippen LogP contribution in [0.3, 0.4) is 0 Å². The molecule has 1 fully saturated rings. The Hall–Kier alpha value is -1.73. The van der Waals surface area contributed by atoms with Gasteiger partial charge in [-0.3, -0.25) is 0 Å². The number of carbonyl (C=O) groups is 1. The van der Waals surface area contributed by atoms with Crippen molar-refractivity contribution in [1.82, 2.24) is 0 Å². The van der Waals surface area contributed by atoms with E-state index in [2.05, 4.69) is 25.7 Å². The summed E-state index contributed by atoms with van der Waals surface area (Å²) in [6.07, 6.45) is 10.0. The van der Waals surface area contributed by atoms with E-state index in [0.29, 0.717) is 25.0 Å². The van der Waals surface area contributed by atoms with Crippen LogP contribution in [0, 0.1) is 13.8 Å². The second-order valence-electron chi connectivity index (χ2n) is 10.6. The molecule has 33 heavy (non-hydrogen) atoms. The van der Waals surface area contributed by atoms with Crippen molar-refractivity contribution in [1.29, 1.82) is 0 Å². The Kier molecular flexibility index (Phi) is 10.1. The number of aryl methyl sites for hydroxylation is 2. The molecule has 1 aromatic rings. The Morgan fingerprint density at radius 3 is 2.33 bits per heavy atom. The largest absolute Gasteiger partial charge is 0.462 e. The molecule has 0 aliphatic carbocycles. The number of esters is 1. The van der Waals surface area contributed by atoms with Gasteiger partial charge >= 0.3 is 5.97 Å². The molecule has 1 aromatic carbocycles. The molecule has 1 heterocycles. The molecule has 2 atom stereocenters. The summed E-state index contributed by atoms with van der Waals surface area (Å²) in [6.45, 7) is 15.3. The van der Waals surface area contributed by atoms with Gasteiger partial charge in [0.15, 0.2) is 5.79 Å². The van der Waals surface area contributed by atoms with E-state index in [9.17, 15) is 4.79 Å². The van der Waals surface area contributed by atoms with E-state index in [1.165, 1.54) is 0 Å². The molecule has 1 aliphatic heterocycles. The molecule has 184 valence electrons. The Morgan fingerprint density at radius 1 is 1.09 bits per heavy atom.